The van der Waals surface area contributed by atoms with Crippen LogP contribution in [0.5, 0.6) is 0 Å². The lowest BCUT2D eigenvalue weighted by atomic mass is 10.2. The van der Waals surface area contributed by atoms with Gasteiger partial charge >= 0.3 is 0 Å². The summed E-state index contributed by atoms with van der Waals surface area (Å²) in [6, 6.07) is 15.2. The maximum Gasteiger partial charge on any atom is 0.266 e. The number of allylic oxidation sites excluding steroid dienone is 2. The molecule has 1 fully saturated rings. The number of carbonyl (C=O) groups is 1. The fourth-order valence-electron chi connectivity index (χ4n) is 2.28. The lowest BCUT2D eigenvalue weighted by Crippen LogP contribution is -2.27. The topological polar surface area (TPSA) is 20.3 Å². The van der Waals surface area contributed by atoms with E-state index in [9.17, 15) is 4.79 Å². The number of amides is 1. The van der Waals surface area contributed by atoms with E-state index in [0.29, 0.717) is 25.8 Å². The lowest BCUT2D eigenvalue weighted by Gasteiger charge is -2.14. The average molecular weight is 406 g/mol. The molecule has 1 aliphatic rings. The van der Waals surface area contributed by atoms with E-state index in [1.54, 1.807) is 23.1 Å². The Kier molecular flexibility index (Phi) is 5.97. The van der Waals surface area contributed by atoms with Crippen LogP contribution in [0.4, 0.5) is 0 Å². The molecule has 0 bridgehead atoms. The Morgan fingerprint density at radius 2 is 1.84 bits per heavy atom. The van der Waals surface area contributed by atoms with Crippen molar-refractivity contribution < 1.29 is 4.79 Å². The van der Waals surface area contributed by atoms with Gasteiger partial charge in [0.05, 0.1) is 21.5 Å². The molecule has 126 valence electrons. The number of nitrogens with zero attached hydrogens (tertiary/aromatic N) is 1. The summed E-state index contributed by atoms with van der Waals surface area (Å²) in [5, 5.41) is 0.952. The van der Waals surface area contributed by atoms with Gasteiger partial charge < -0.3 is 0 Å². The molecule has 1 aliphatic heterocycles. The first kappa shape index (κ1) is 18.2. The quantitative estimate of drug-likeness (QED) is 0.462. The van der Waals surface area contributed by atoms with Crippen LogP contribution in [0, 0.1) is 0 Å². The normalized spacial score (nSPS) is 16.4. The van der Waals surface area contributed by atoms with Crippen molar-refractivity contribution in [3.05, 3.63) is 86.8 Å². The van der Waals surface area contributed by atoms with E-state index in [0.717, 1.165) is 11.1 Å². The number of halogens is 2. The third kappa shape index (κ3) is 4.53. The second-order valence-electron chi connectivity index (χ2n) is 5.31. The molecule has 1 heterocycles. The van der Waals surface area contributed by atoms with Crippen LogP contribution in [0.2, 0.25) is 10.0 Å². The van der Waals surface area contributed by atoms with Gasteiger partial charge in [0.25, 0.3) is 5.91 Å². The van der Waals surface area contributed by atoms with Crippen LogP contribution < -0.4 is 0 Å². The van der Waals surface area contributed by atoms with Crippen LogP contribution in [-0.4, -0.2) is 15.1 Å². The fourth-order valence-corrected chi connectivity index (χ4v) is 3.81. The Labute approximate surface area is 166 Å². The zero-order valence-electron chi connectivity index (χ0n) is 13.0. The van der Waals surface area contributed by atoms with Crippen LogP contribution in [0.15, 0.2) is 65.6 Å². The molecule has 0 saturated carbocycles. The summed E-state index contributed by atoms with van der Waals surface area (Å²) in [4.78, 5) is 14.8. The van der Waals surface area contributed by atoms with Crippen molar-refractivity contribution in [1.29, 1.82) is 0 Å². The second-order valence-corrected chi connectivity index (χ2v) is 7.80. The Bertz CT molecular complexity index is 878. The third-order valence-electron chi connectivity index (χ3n) is 3.53. The smallest absolute Gasteiger partial charge is 0.266 e. The highest BCUT2D eigenvalue weighted by Crippen LogP contribution is 2.33. The minimum absolute atomic E-state index is 0.0983. The minimum Gasteiger partial charge on any atom is -0.288 e. The molecule has 25 heavy (non-hydrogen) atoms. The molecular weight excluding hydrogens is 393 g/mol. The minimum atomic E-state index is -0.0983. The molecule has 2 nitrogen and oxygen atoms in total. The van der Waals surface area contributed by atoms with Gasteiger partial charge in [-0.3, -0.25) is 9.69 Å². The summed E-state index contributed by atoms with van der Waals surface area (Å²) >= 11 is 18.6. The maximum atomic E-state index is 12.6. The van der Waals surface area contributed by atoms with E-state index in [4.69, 9.17) is 35.4 Å². The number of hydrogen-bond acceptors (Lipinski definition) is 3. The fraction of sp³-hybridized carbons (Fsp3) is 0.0526. The van der Waals surface area contributed by atoms with Crippen molar-refractivity contribution in [3.8, 4) is 0 Å². The summed E-state index contributed by atoms with van der Waals surface area (Å²) < 4.78 is 0.537. The first-order valence-electron chi connectivity index (χ1n) is 7.45. The SMILES string of the molecule is O=C1/C(=C\C=C\c2ccccc2)SC(=S)N1Cc1ccc(Cl)c(Cl)c1. The predicted molar refractivity (Wildman–Crippen MR) is 111 cm³/mol. The van der Waals surface area contributed by atoms with Crippen LogP contribution in [0.1, 0.15) is 11.1 Å². The van der Waals surface area contributed by atoms with Crippen molar-refractivity contribution in [3.63, 3.8) is 0 Å². The van der Waals surface area contributed by atoms with E-state index in [1.807, 2.05) is 48.6 Å². The Morgan fingerprint density at radius 1 is 1.08 bits per heavy atom. The highest BCUT2D eigenvalue weighted by Gasteiger charge is 2.31. The summed E-state index contributed by atoms with van der Waals surface area (Å²) in [6.07, 6.45) is 5.60. The highest BCUT2D eigenvalue weighted by atomic mass is 35.5. The molecule has 0 spiro atoms. The maximum absolute atomic E-state index is 12.6. The number of thioether (sulfide) groups is 1. The van der Waals surface area contributed by atoms with Crippen LogP contribution in [-0.2, 0) is 11.3 Å². The number of benzene rings is 2. The average Bonchev–Trinajstić information content (AvgIpc) is 2.87. The number of thiocarbonyl (C=S) groups is 1. The molecule has 0 N–H and O–H groups in total. The zero-order valence-corrected chi connectivity index (χ0v) is 16.1. The number of rotatable bonds is 4. The lowest BCUT2D eigenvalue weighted by molar-refractivity contribution is -0.122. The molecule has 0 unspecified atom stereocenters. The predicted octanol–water partition coefficient (Wildman–Crippen LogP) is 5.95. The van der Waals surface area contributed by atoms with Crippen LogP contribution >= 0.6 is 47.2 Å². The summed E-state index contributed by atoms with van der Waals surface area (Å²) in [6.45, 7) is 0.376. The molecule has 1 saturated heterocycles. The molecule has 0 aliphatic carbocycles. The molecule has 1 amide bonds. The molecule has 0 aromatic heterocycles. The van der Waals surface area contributed by atoms with Gasteiger partial charge in [-0.05, 0) is 29.3 Å². The van der Waals surface area contributed by atoms with E-state index < -0.39 is 0 Å². The summed E-state index contributed by atoms with van der Waals surface area (Å²) in [5.74, 6) is -0.0983. The van der Waals surface area contributed by atoms with E-state index in [-0.39, 0.29) is 5.91 Å². The van der Waals surface area contributed by atoms with Gasteiger partial charge in [0.2, 0.25) is 0 Å². The van der Waals surface area contributed by atoms with Crippen molar-refractivity contribution in [2.24, 2.45) is 0 Å². The van der Waals surface area contributed by atoms with Crippen LogP contribution in [0.25, 0.3) is 6.08 Å². The van der Waals surface area contributed by atoms with Gasteiger partial charge in [-0.25, -0.2) is 0 Å². The van der Waals surface area contributed by atoms with Crippen molar-refractivity contribution in [2.75, 3.05) is 0 Å². The third-order valence-corrected chi connectivity index (χ3v) is 5.67. The Morgan fingerprint density at radius 3 is 2.56 bits per heavy atom. The van der Waals surface area contributed by atoms with E-state index in [1.165, 1.54) is 11.8 Å². The zero-order chi connectivity index (χ0) is 17.8. The van der Waals surface area contributed by atoms with Crippen LogP contribution in [0.3, 0.4) is 0 Å². The summed E-state index contributed by atoms with van der Waals surface area (Å²) in [7, 11) is 0. The Balaban J connectivity index is 1.72. The van der Waals surface area contributed by atoms with E-state index >= 15 is 0 Å². The van der Waals surface area contributed by atoms with Gasteiger partial charge in [-0.2, -0.15) is 0 Å². The first-order valence-corrected chi connectivity index (χ1v) is 9.43. The summed E-state index contributed by atoms with van der Waals surface area (Å²) in [5.41, 5.74) is 1.96. The molecule has 3 rings (SSSR count). The number of hydrogen-bond donors (Lipinski definition) is 0. The van der Waals surface area contributed by atoms with Crippen molar-refractivity contribution in [1.82, 2.24) is 4.90 Å². The largest absolute Gasteiger partial charge is 0.288 e. The highest BCUT2D eigenvalue weighted by molar-refractivity contribution is 8.26. The first-order chi connectivity index (χ1) is 12.0. The van der Waals surface area contributed by atoms with Gasteiger partial charge in [-0.15, -0.1) is 0 Å². The van der Waals surface area contributed by atoms with Gasteiger partial charge in [0, 0.05) is 0 Å². The standard InChI is InChI=1S/C19H13Cl2NOS2/c20-15-10-9-14(11-16(15)21)12-22-18(23)17(25-19(22)24)8-4-7-13-5-2-1-3-6-13/h1-11H,12H2/b7-4+,17-8+. The molecule has 0 atom stereocenters. The van der Waals surface area contributed by atoms with Crippen molar-refractivity contribution in [2.45, 2.75) is 6.54 Å². The number of carbonyl (C=O) groups excluding carboxylic acids is 1. The molecule has 2 aromatic carbocycles. The molecule has 6 heteroatoms. The van der Waals surface area contributed by atoms with Gasteiger partial charge in [-0.1, -0.05) is 95.7 Å². The molecule has 0 radical (unpaired) electrons. The molecule has 2 aromatic rings. The van der Waals surface area contributed by atoms with Crippen molar-refractivity contribution >= 4 is 63.5 Å². The van der Waals surface area contributed by atoms with E-state index in [2.05, 4.69) is 0 Å². The Hall–Kier alpha value is -1.59. The van der Waals surface area contributed by atoms with Gasteiger partial charge in [0.1, 0.15) is 4.32 Å². The van der Waals surface area contributed by atoms with Gasteiger partial charge in [0.15, 0.2) is 0 Å². The molecular formula is C19H13Cl2NOS2. The monoisotopic (exact) mass is 405 g/mol. The second kappa shape index (κ2) is 8.19.